The lowest BCUT2D eigenvalue weighted by atomic mass is 10.1. The molecule has 2 heterocycles. The molecule has 0 bridgehead atoms. The van der Waals surface area contributed by atoms with E-state index in [2.05, 4.69) is 35.4 Å². The fraction of sp³-hybridized carbons (Fsp3) is 0.538. The summed E-state index contributed by atoms with van der Waals surface area (Å²) in [6.45, 7) is 4.26. The molecule has 5 nitrogen and oxygen atoms in total. The van der Waals surface area contributed by atoms with E-state index in [-0.39, 0.29) is 6.04 Å². The molecule has 0 aliphatic carbocycles. The predicted molar refractivity (Wildman–Crippen MR) is 71.3 cm³/mol. The lowest BCUT2D eigenvalue weighted by molar-refractivity contribution is 0.503. The Kier molecular flexibility index (Phi) is 3.81. The van der Waals surface area contributed by atoms with Crippen LogP contribution in [0, 0.1) is 0 Å². The van der Waals surface area contributed by atoms with Gasteiger partial charge in [-0.1, -0.05) is 0 Å². The van der Waals surface area contributed by atoms with Crippen molar-refractivity contribution in [2.45, 2.75) is 32.4 Å². The molecule has 1 atom stereocenters. The highest BCUT2D eigenvalue weighted by Gasteiger charge is 2.15. The fourth-order valence-electron chi connectivity index (χ4n) is 2.06. The largest absolute Gasteiger partial charge is 0.311 e. The average Bonchev–Trinajstić information content (AvgIpc) is 2.95. The molecule has 2 rings (SSSR count). The molecular formula is C13H21N5. The molecule has 2 aromatic rings. The zero-order chi connectivity index (χ0) is 13.1. The van der Waals surface area contributed by atoms with Gasteiger partial charge in [0.15, 0.2) is 0 Å². The van der Waals surface area contributed by atoms with Crippen molar-refractivity contribution in [3.05, 3.63) is 35.9 Å². The SMILES string of the molecule is CNC(Cc1ccn(C(C)C)n1)c1ccnn1C. The van der Waals surface area contributed by atoms with Gasteiger partial charge in [-0.3, -0.25) is 9.36 Å². The molecule has 1 unspecified atom stereocenters. The Labute approximate surface area is 108 Å². The molecule has 0 spiro atoms. The first-order valence-electron chi connectivity index (χ1n) is 6.31. The maximum absolute atomic E-state index is 4.58. The monoisotopic (exact) mass is 247 g/mol. The van der Waals surface area contributed by atoms with Gasteiger partial charge in [0.05, 0.1) is 17.4 Å². The highest BCUT2D eigenvalue weighted by molar-refractivity contribution is 5.12. The van der Waals surface area contributed by atoms with Gasteiger partial charge in [0.2, 0.25) is 0 Å². The summed E-state index contributed by atoms with van der Waals surface area (Å²) < 4.78 is 3.89. The van der Waals surface area contributed by atoms with Crippen LogP contribution in [0.4, 0.5) is 0 Å². The van der Waals surface area contributed by atoms with Crippen molar-refractivity contribution >= 4 is 0 Å². The molecule has 5 heteroatoms. The quantitative estimate of drug-likeness (QED) is 0.875. The van der Waals surface area contributed by atoms with Crippen molar-refractivity contribution in [3.63, 3.8) is 0 Å². The minimum absolute atomic E-state index is 0.244. The Hall–Kier alpha value is -1.62. The van der Waals surface area contributed by atoms with E-state index in [0.717, 1.165) is 12.1 Å². The van der Waals surface area contributed by atoms with Gasteiger partial charge < -0.3 is 5.32 Å². The third-order valence-corrected chi connectivity index (χ3v) is 3.17. The second kappa shape index (κ2) is 5.35. The minimum atomic E-state index is 0.244. The summed E-state index contributed by atoms with van der Waals surface area (Å²) in [5.41, 5.74) is 2.28. The first-order chi connectivity index (χ1) is 8.61. The maximum Gasteiger partial charge on any atom is 0.0644 e. The topological polar surface area (TPSA) is 47.7 Å². The molecule has 0 fully saturated rings. The first-order valence-corrected chi connectivity index (χ1v) is 6.31. The molecule has 0 aromatic carbocycles. The number of nitrogens with zero attached hydrogens (tertiary/aromatic N) is 4. The van der Waals surface area contributed by atoms with E-state index in [1.165, 1.54) is 5.69 Å². The summed E-state index contributed by atoms with van der Waals surface area (Å²) in [6.07, 6.45) is 4.73. The van der Waals surface area contributed by atoms with Gasteiger partial charge in [0.25, 0.3) is 0 Å². The molecule has 0 radical (unpaired) electrons. The maximum atomic E-state index is 4.58. The number of nitrogens with one attached hydrogen (secondary N) is 1. The van der Waals surface area contributed by atoms with Crippen LogP contribution < -0.4 is 5.32 Å². The van der Waals surface area contributed by atoms with E-state index >= 15 is 0 Å². The second-order valence-electron chi connectivity index (χ2n) is 4.81. The number of rotatable bonds is 5. The molecule has 0 amide bonds. The fourth-order valence-corrected chi connectivity index (χ4v) is 2.06. The summed E-state index contributed by atoms with van der Waals surface area (Å²) >= 11 is 0. The average molecular weight is 247 g/mol. The predicted octanol–water partition coefficient (Wildman–Crippen LogP) is 1.70. The van der Waals surface area contributed by atoms with Crippen molar-refractivity contribution < 1.29 is 0 Å². The van der Waals surface area contributed by atoms with E-state index in [4.69, 9.17) is 0 Å². The number of hydrogen-bond donors (Lipinski definition) is 1. The summed E-state index contributed by atoms with van der Waals surface area (Å²) in [4.78, 5) is 0. The van der Waals surface area contributed by atoms with E-state index in [0.29, 0.717) is 6.04 Å². The smallest absolute Gasteiger partial charge is 0.0644 e. The summed E-state index contributed by atoms with van der Waals surface area (Å²) in [5, 5.41) is 12.1. The Bertz CT molecular complexity index is 497. The molecule has 2 aromatic heterocycles. The summed E-state index contributed by atoms with van der Waals surface area (Å²) in [6, 6.07) is 4.78. The van der Waals surface area contributed by atoms with Crippen LogP contribution in [0.5, 0.6) is 0 Å². The Morgan fingerprint density at radius 3 is 2.61 bits per heavy atom. The van der Waals surface area contributed by atoms with E-state index < -0.39 is 0 Å². The van der Waals surface area contributed by atoms with Gasteiger partial charge in [-0.2, -0.15) is 10.2 Å². The minimum Gasteiger partial charge on any atom is -0.311 e. The van der Waals surface area contributed by atoms with Crippen molar-refractivity contribution in [3.8, 4) is 0 Å². The van der Waals surface area contributed by atoms with Crippen LogP contribution in [0.2, 0.25) is 0 Å². The van der Waals surface area contributed by atoms with Gasteiger partial charge in [0.1, 0.15) is 0 Å². The lowest BCUT2D eigenvalue weighted by Crippen LogP contribution is -2.22. The number of aromatic nitrogens is 4. The molecule has 1 N–H and O–H groups in total. The zero-order valence-electron chi connectivity index (χ0n) is 11.5. The molecule has 0 aliphatic heterocycles. The Morgan fingerprint density at radius 1 is 1.33 bits per heavy atom. The zero-order valence-corrected chi connectivity index (χ0v) is 11.5. The van der Waals surface area contributed by atoms with Gasteiger partial charge in [-0.25, -0.2) is 0 Å². The normalized spacial score (nSPS) is 13.2. The van der Waals surface area contributed by atoms with Gasteiger partial charge in [0, 0.05) is 31.9 Å². The van der Waals surface area contributed by atoms with E-state index in [1.54, 1.807) is 0 Å². The molecule has 18 heavy (non-hydrogen) atoms. The summed E-state index contributed by atoms with van der Waals surface area (Å²) in [7, 11) is 3.93. The van der Waals surface area contributed by atoms with Crippen LogP contribution >= 0.6 is 0 Å². The molecule has 98 valence electrons. The Balaban J connectivity index is 2.13. The van der Waals surface area contributed by atoms with E-state index in [9.17, 15) is 0 Å². The molecular weight excluding hydrogens is 226 g/mol. The standard InChI is InChI=1S/C13H21N5/c1-10(2)18-8-6-11(16-18)9-12(14-3)13-5-7-15-17(13)4/h5-8,10,12,14H,9H2,1-4H3. The highest BCUT2D eigenvalue weighted by Crippen LogP contribution is 2.16. The number of likely N-dealkylation sites (N-methyl/N-ethyl adjacent to an activating group) is 1. The lowest BCUT2D eigenvalue weighted by Gasteiger charge is -2.15. The van der Waals surface area contributed by atoms with Crippen LogP contribution in [-0.4, -0.2) is 26.6 Å². The third kappa shape index (κ3) is 2.61. The van der Waals surface area contributed by atoms with Gasteiger partial charge in [-0.05, 0) is 33.0 Å². The van der Waals surface area contributed by atoms with Crippen molar-refractivity contribution in [2.75, 3.05) is 7.05 Å². The highest BCUT2D eigenvalue weighted by atomic mass is 15.3. The van der Waals surface area contributed by atoms with Crippen molar-refractivity contribution in [2.24, 2.45) is 7.05 Å². The first kappa shape index (κ1) is 12.8. The van der Waals surface area contributed by atoms with Crippen molar-refractivity contribution in [1.29, 1.82) is 0 Å². The number of hydrogen-bond acceptors (Lipinski definition) is 3. The van der Waals surface area contributed by atoms with Crippen LogP contribution in [0.1, 0.15) is 37.3 Å². The second-order valence-corrected chi connectivity index (χ2v) is 4.81. The third-order valence-electron chi connectivity index (χ3n) is 3.17. The van der Waals surface area contributed by atoms with Crippen molar-refractivity contribution in [1.82, 2.24) is 24.9 Å². The van der Waals surface area contributed by atoms with Crippen LogP contribution in [0.15, 0.2) is 24.5 Å². The molecule has 0 saturated heterocycles. The van der Waals surface area contributed by atoms with E-state index in [1.807, 2.05) is 41.9 Å². The van der Waals surface area contributed by atoms with Crippen LogP contribution in [0.3, 0.4) is 0 Å². The van der Waals surface area contributed by atoms with Gasteiger partial charge in [-0.15, -0.1) is 0 Å². The molecule has 0 aliphatic rings. The van der Waals surface area contributed by atoms with Gasteiger partial charge >= 0.3 is 0 Å². The van der Waals surface area contributed by atoms with Crippen LogP contribution in [-0.2, 0) is 13.5 Å². The Morgan fingerprint density at radius 2 is 2.11 bits per heavy atom. The number of aryl methyl sites for hydroxylation is 1. The molecule has 0 saturated carbocycles. The van der Waals surface area contributed by atoms with Crippen LogP contribution in [0.25, 0.3) is 0 Å². The summed E-state index contributed by atoms with van der Waals surface area (Å²) in [5.74, 6) is 0.